The van der Waals surface area contributed by atoms with E-state index in [0.29, 0.717) is 16.8 Å². The summed E-state index contributed by atoms with van der Waals surface area (Å²) in [7, 11) is 2.86. The van der Waals surface area contributed by atoms with Gasteiger partial charge in [0.1, 0.15) is 5.82 Å². The lowest BCUT2D eigenvalue weighted by Gasteiger charge is -2.18. The molecular formula is C22H25N5O5. The predicted molar refractivity (Wildman–Crippen MR) is 121 cm³/mol. The third-order valence-corrected chi connectivity index (χ3v) is 5.11. The predicted octanol–water partition coefficient (Wildman–Crippen LogP) is 1.77. The van der Waals surface area contributed by atoms with Crippen molar-refractivity contribution in [3.8, 4) is 0 Å². The normalized spacial score (nSPS) is 11.1. The second-order valence-electron chi connectivity index (χ2n) is 7.60. The van der Waals surface area contributed by atoms with Crippen LogP contribution in [0, 0.1) is 0 Å². The van der Waals surface area contributed by atoms with E-state index in [4.69, 9.17) is 10.5 Å². The number of rotatable bonds is 5. The molecule has 2 heterocycles. The summed E-state index contributed by atoms with van der Waals surface area (Å²) in [6, 6.07) is 6.19. The van der Waals surface area contributed by atoms with Gasteiger partial charge in [0.25, 0.3) is 11.5 Å². The number of aromatic nitrogens is 3. The van der Waals surface area contributed by atoms with E-state index in [1.54, 1.807) is 19.1 Å². The van der Waals surface area contributed by atoms with Crippen LogP contribution in [0.15, 0.2) is 33.9 Å². The Bertz CT molecular complexity index is 1340. The first-order valence-electron chi connectivity index (χ1n) is 10.1. The number of esters is 1. The van der Waals surface area contributed by atoms with E-state index in [0.717, 1.165) is 4.57 Å². The monoisotopic (exact) mass is 439 g/mol. The molecule has 0 bridgehead atoms. The number of pyridine rings is 1. The Balaban J connectivity index is 2.12. The van der Waals surface area contributed by atoms with Gasteiger partial charge < -0.3 is 15.8 Å². The molecule has 3 aromatic rings. The molecule has 0 aliphatic carbocycles. The van der Waals surface area contributed by atoms with Crippen molar-refractivity contribution >= 4 is 34.4 Å². The molecule has 0 saturated carbocycles. The number of nitrogens with two attached hydrogens (primary N) is 1. The van der Waals surface area contributed by atoms with Gasteiger partial charge in [-0.1, -0.05) is 13.8 Å². The van der Waals surface area contributed by atoms with Crippen molar-refractivity contribution in [2.75, 3.05) is 17.7 Å². The minimum atomic E-state index is -0.555. The molecule has 0 aliphatic heterocycles. The number of ether oxygens (including phenoxy) is 1. The summed E-state index contributed by atoms with van der Waals surface area (Å²) in [5.74, 6) is -1.37. The fraction of sp³-hybridized carbons (Fsp3) is 0.318. The zero-order valence-electron chi connectivity index (χ0n) is 18.6. The van der Waals surface area contributed by atoms with Crippen molar-refractivity contribution in [2.45, 2.75) is 26.7 Å². The van der Waals surface area contributed by atoms with Crippen molar-refractivity contribution in [3.05, 3.63) is 61.8 Å². The second-order valence-corrected chi connectivity index (χ2v) is 7.60. The number of nitrogen functional groups attached to an aromatic ring is 1. The minimum absolute atomic E-state index is 0.0673. The molecule has 1 aromatic carbocycles. The van der Waals surface area contributed by atoms with E-state index in [1.807, 2.05) is 13.8 Å². The average Bonchev–Trinajstić information content (AvgIpc) is 2.75. The van der Waals surface area contributed by atoms with Gasteiger partial charge in [-0.05, 0) is 42.7 Å². The molecule has 0 aliphatic rings. The van der Waals surface area contributed by atoms with Crippen LogP contribution in [0.5, 0.6) is 0 Å². The summed E-state index contributed by atoms with van der Waals surface area (Å²) in [6.07, 6.45) is 0. The van der Waals surface area contributed by atoms with Crippen LogP contribution in [0.2, 0.25) is 0 Å². The summed E-state index contributed by atoms with van der Waals surface area (Å²) in [5, 5.41) is 2.90. The molecule has 0 radical (unpaired) electrons. The summed E-state index contributed by atoms with van der Waals surface area (Å²) in [5.41, 5.74) is 6.41. The second kappa shape index (κ2) is 8.66. The van der Waals surface area contributed by atoms with Crippen molar-refractivity contribution < 1.29 is 14.3 Å². The molecule has 168 valence electrons. The molecule has 0 unspecified atom stereocenters. The average molecular weight is 439 g/mol. The number of benzene rings is 1. The van der Waals surface area contributed by atoms with Crippen molar-refractivity contribution in [2.24, 2.45) is 14.1 Å². The molecular weight excluding hydrogens is 414 g/mol. The van der Waals surface area contributed by atoms with Gasteiger partial charge in [-0.3, -0.25) is 18.7 Å². The summed E-state index contributed by atoms with van der Waals surface area (Å²) < 4.78 is 7.15. The Morgan fingerprint density at radius 3 is 2.31 bits per heavy atom. The number of hydrogen-bond donors (Lipinski definition) is 2. The molecule has 0 saturated heterocycles. The number of nitrogens with zero attached hydrogens (tertiary/aromatic N) is 3. The largest absolute Gasteiger partial charge is 0.462 e. The zero-order chi connectivity index (χ0) is 23.7. The number of aryl methyl sites for hydroxylation is 1. The number of nitrogens with one attached hydrogen (secondary N) is 1. The summed E-state index contributed by atoms with van der Waals surface area (Å²) in [6.45, 7) is 5.62. The van der Waals surface area contributed by atoms with Crippen molar-refractivity contribution in [1.82, 2.24) is 14.1 Å². The number of anilines is 2. The number of amides is 1. The first-order valence-corrected chi connectivity index (χ1v) is 10.1. The smallest absolute Gasteiger partial charge is 0.338 e. The quantitative estimate of drug-likeness (QED) is 0.578. The topological polar surface area (TPSA) is 138 Å². The fourth-order valence-electron chi connectivity index (χ4n) is 3.55. The molecule has 0 atom stereocenters. The molecule has 2 aromatic heterocycles. The van der Waals surface area contributed by atoms with E-state index in [-0.39, 0.29) is 34.9 Å². The standard InChI is InChI=1S/C22H25N5O5/c1-6-32-21(30)12-7-9-13(10-8-12)24-19(28)15-14(11(2)3)16-18(25-17(15)23)26(4)22(31)27(5)20(16)29/h7-11H,6H2,1-5H3,(H2,23,25)(H,24,28). The first kappa shape index (κ1) is 22.7. The number of fused-ring (bicyclic) bond motifs is 1. The Hall–Kier alpha value is -3.95. The number of carbonyl (C=O) groups is 2. The Morgan fingerprint density at radius 2 is 1.75 bits per heavy atom. The van der Waals surface area contributed by atoms with Crippen LogP contribution in [0.25, 0.3) is 11.0 Å². The molecule has 32 heavy (non-hydrogen) atoms. The molecule has 3 rings (SSSR count). The molecule has 10 heteroatoms. The van der Waals surface area contributed by atoms with Crippen LogP contribution in [0.4, 0.5) is 11.5 Å². The Labute approximate surface area is 183 Å². The highest BCUT2D eigenvalue weighted by Gasteiger charge is 2.26. The van der Waals surface area contributed by atoms with Crippen LogP contribution in [0.3, 0.4) is 0 Å². The fourth-order valence-corrected chi connectivity index (χ4v) is 3.55. The molecule has 0 spiro atoms. The van der Waals surface area contributed by atoms with Gasteiger partial charge in [-0.15, -0.1) is 0 Å². The van der Waals surface area contributed by atoms with Gasteiger partial charge in [0.15, 0.2) is 5.65 Å². The lowest BCUT2D eigenvalue weighted by atomic mass is 9.94. The van der Waals surface area contributed by atoms with Crippen LogP contribution >= 0.6 is 0 Å². The highest BCUT2D eigenvalue weighted by atomic mass is 16.5. The summed E-state index contributed by atoms with van der Waals surface area (Å²) >= 11 is 0. The van der Waals surface area contributed by atoms with E-state index in [9.17, 15) is 19.2 Å². The Morgan fingerprint density at radius 1 is 1.12 bits per heavy atom. The highest BCUT2D eigenvalue weighted by Crippen LogP contribution is 2.29. The van der Waals surface area contributed by atoms with E-state index in [2.05, 4.69) is 10.3 Å². The van der Waals surface area contributed by atoms with Gasteiger partial charge in [-0.25, -0.2) is 14.6 Å². The van der Waals surface area contributed by atoms with Gasteiger partial charge in [0, 0.05) is 19.8 Å². The van der Waals surface area contributed by atoms with Crippen molar-refractivity contribution in [3.63, 3.8) is 0 Å². The maximum Gasteiger partial charge on any atom is 0.338 e. The zero-order valence-corrected chi connectivity index (χ0v) is 18.6. The van der Waals surface area contributed by atoms with Gasteiger partial charge >= 0.3 is 11.7 Å². The molecule has 1 amide bonds. The van der Waals surface area contributed by atoms with Gasteiger partial charge in [0.05, 0.1) is 23.1 Å². The highest BCUT2D eigenvalue weighted by molar-refractivity contribution is 6.11. The first-order chi connectivity index (χ1) is 15.1. The third kappa shape index (κ3) is 3.86. The van der Waals surface area contributed by atoms with Crippen LogP contribution in [-0.2, 0) is 18.8 Å². The molecule has 0 fully saturated rings. The van der Waals surface area contributed by atoms with Crippen LogP contribution < -0.4 is 22.3 Å². The SMILES string of the molecule is CCOC(=O)c1ccc(NC(=O)c2c(N)nc3c(c2C(C)C)c(=O)n(C)c(=O)n3C)cc1. The van der Waals surface area contributed by atoms with Gasteiger partial charge in [-0.2, -0.15) is 0 Å². The van der Waals surface area contributed by atoms with E-state index in [1.165, 1.54) is 30.8 Å². The number of hydrogen-bond acceptors (Lipinski definition) is 7. The summed E-state index contributed by atoms with van der Waals surface area (Å²) in [4.78, 5) is 54.4. The minimum Gasteiger partial charge on any atom is -0.462 e. The van der Waals surface area contributed by atoms with E-state index >= 15 is 0 Å². The lowest BCUT2D eigenvalue weighted by molar-refractivity contribution is 0.0526. The maximum atomic E-state index is 13.2. The number of carbonyl (C=O) groups excluding carboxylic acids is 2. The third-order valence-electron chi connectivity index (χ3n) is 5.11. The van der Waals surface area contributed by atoms with E-state index < -0.39 is 23.1 Å². The van der Waals surface area contributed by atoms with Gasteiger partial charge in [0.2, 0.25) is 0 Å². The lowest BCUT2D eigenvalue weighted by Crippen LogP contribution is -2.38. The maximum absolute atomic E-state index is 13.2. The Kier molecular flexibility index (Phi) is 6.15. The van der Waals surface area contributed by atoms with Crippen LogP contribution in [-0.4, -0.2) is 32.6 Å². The molecule has 3 N–H and O–H groups in total. The molecule has 10 nitrogen and oxygen atoms in total. The van der Waals surface area contributed by atoms with Crippen molar-refractivity contribution in [1.29, 1.82) is 0 Å². The van der Waals surface area contributed by atoms with Crippen LogP contribution in [0.1, 0.15) is 53.0 Å².